The third-order valence-corrected chi connectivity index (χ3v) is 6.10. The Bertz CT molecular complexity index is 1070. The zero-order valence-corrected chi connectivity index (χ0v) is 19.6. The Morgan fingerprint density at radius 1 is 1.06 bits per heavy atom. The maximum Gasteiger partial charge on any atom is 0.261 e. The van der Waals surface area contributed by atoms with Crippen LogP contribution in [0, 0.1) is 6.92 Å². The van der Waals surface area contributed by atoms with Crippen molar-refractivity contribution in [3.8, 4) is 5.75 Å². The monoisotopic (exact) mass is 482 g/mol. The molecule has 3 rings (SSSR count). The summed E-state index contributed by atoms with van der Waals surface area (Å²) in [6, 6.07) is 19.2. The van der Waals surface area contributed by atoms with E-state index in [1.807, 2.05) is 74.5 Å². The van der Waals surface area contributed by atoms with Crippen LogP contribution in [0.25, 0.3) is 10.8 Å². The molecule has 0 bridgehead atoms. The van der Waals surface area contributed by atoms with Crippen LogP contribution >= 0.6 is 15.9 Å². The van der Waals surface area contributed by atoms with Crippen LogP contribution in [-0.2, 0) is 16.1 Å². The summed E-state index contributed by atoms with van der Waals surface area (Å²) in [7, 11) is 1.59. The van der Waals surface area contributed by atoms with Gasteiger partial charge in [0.15, 0.2) is 6.61 Å². The summed E-state index contributed by atoms with van der Waals surface area (Å²) in [5, 5.41) is 4.77. The second-order valence-corrected chi connectivity index (χ2v) is 8.23. The van der Waals surface area contributed by atoms with Gasteiger partial charge in [0.05, 0.1) is 4.47 Å². The van der Waals surface area contributed by atoms with Crippen LogP contribution < -0.4 is 10.1 Å². The van der Waals surface area contributed by atoms with Crippen molar-refractivity contribution in [2.75, 3.05) is 13.7 Å². The highest BCUT2D eigenvalue weighted by Crippen LogP contribution is 2.33. The molecule has 1 atom stereocenters. The highest BCUT2D eigenvalue weighted by atomic mass is 79.9. The van der Waals surface area contributed by atoms with Crippen molar-refractivity contribution in [2.24, 2.45) is 0 Å². The number of ether oxygens (including phenoxy) is 1. The number of hydrogen-bond acceptors (Lipinski definition) is 3. The Labute approximate surface area is 191 Å². The van der Waals surface area contributed by atoms with Gasteiger partial charge < -0.3 is 15.0 Å². The summed E-state index contributed by atoms with van der Waals surface area (Å²) in [6.07, 6.45) is 0.511. The Morgan fingerprint density at radius 2 is 1.77 bits per heavy atom. The van der Waals surface area contributed by atoms with E-state index in [2.05, 4.69) is 21.2 Å². The third-order valence-electron chi connectivity index (χ3n) is 5.28. The van der Waals surface area contributed by atoms with E-state index in [1.165, 1.54) is 0 Å². The summed E-state index contributed by atoms with van der Waals surface area (Å²) in [6.45, 7) is 4.10. The maximum atomic E-state index is 13.2. The van der Waals surface area contributed by atoms with Crippen LogP contribution in [0.1, 0.15) is 24.5 Å². The number of halogens is 1. The molecular formula is C25H27BrN2O3. The average Bonchev–Trinajstić information content (AvgIpc) is 2.79. The molecule has 162 valence electrons. The van der Waals surface area contributed by atoms with Gasteiger partial charge in [-0.25, -0.2) is 0 Å². The number of nitrogens with one attached hydrogen (secondary N) is 1. The van der Waals surface area contributed by atoms with E-state index >= 15 is 0 Å². The summed E-state index contributed by atoms with van der Waals surface area (Å²) in [5.74, 6) is 0.168. The third kappa shape index (κ3) is 5.44. The van der Waals surface area contributed by atoms with E-state index in [4.69, 9.17) is 4.74 Å². The minimum Gasteiger partial charge on any atom is -0.483 e. The fraction of sp³-hybridized carbons (Fsp3) is 0.280. The zero-order valence-electron chi connectivity index (χ0n) is 18.0. The number of carbonyl (C=O) groups is 2. The number of hydrogen-bond donors (Lipinski definition) is 1. The fourth-order valence-corrected chi connectivity index (χ4v) is 4.13. The van der Waals surface area contributed by atoms with Crippen molar-refractivity contribution < 1.29 is 14.3 Å². The van der Waals surface area contributed by atoms with Gasteiger partial charge in [0.2, 0.25) is 5.91 Å². The second-order valence-electron chi connectivity index (χ2n) is 7.43. The van der Waals surface area contributed by atoms with Crippen molar-refractivity contribution >= 4 is 38.5 Å². The molecule has 0 aliphatic carbocycles. The number of amides is 2. The first-order chi connectivity index (χ1) is 14.9. The van der Waals surface area contributed by atoms with Gasteiger partial charge in [0.1, 0.15) is 11.8 Å². The number of carbonyl (C=O) groups excluding carboxylic acids is 2. The Balaban J connectivity index is 1.81. The lowest BCUT2D eigenvalue weighted by Crippen LogP contribution is -2.49. The fourth-order valence-electron chi connectivity index (χ4n) is 3.52. The van der Waals surface area contributed by atoms with Crippen LogP contribution in [0.4, 0.5) is 0 Å². The Morgan fingerprint density at radius 3 is 2.45 bits per heavy atom. The SMILES string of the molecule is CC[C@@H](C(=O)NC)N(Cc1ccc(C)cc1)C(=O)COc1ccc2ccccc2c1Br. The van der Waals surface area contributed by atoms with E-state index in [0.29, 0.717) is 18.7 Å². The number of fused-ring (bicyclic) bond motifs is 1. The molecule has 0 saturated carbocycles. The summed E-state index contributed by atoms with van der Waals surface area (Å²) in [5.41, 5.74) is 2.11. The predicted molar refractivity (Wildman–Crippen MR) is 127 cm³/mol. The molecule has 3 aromatic carbocycles. The van der Waals surface area contributed by atoms with Gasteiger partial charge in [0, 0.05) is 13.6 Å². The van der Waals surface area contributed by atoms with E-state index < -0.39 is 6.04 Å². The van der Waals surface area contributed by atoms with Gasteiger partial charge in [-0.2, -0.15) is 0 Å². The van der Waals surface area contributed by atoms with Gasteiger partial charge >= 0.3 is 0 Å². The van der Waals surface area contributed by atoms with Gasteiger partial charge in [-0.1, -0.05) is 67.1 Å². The molecule has 0 aromatic heterocycles. The lowest BCUT2D eigenvalue weighted by atomic mass is 10.1. The average molecular weight is 483 g/mol. The zero-order chi connectivity index (χ0) is 22.4. The number of rotatable bonds is 8. The Kier molecular flexibility index (Phi) is 7.69. The van der Waals surface area contributed by atoms with Gasteiger partial charge in [-0.15, -0.1) is 0 Å². The highest BCUT2D eigenvalue weighted by molar-refractivity contribution is 9.10. The first kappa shape index (κ1) is 22.8. The molecule has 0 fully saturated rings. The minimum atomic E-state index is -0.567. The predicted octanol–water partition coefficient (Wildman–Crippen LogP) is 4.84. The largest absolute Gasteiger partial charge is 0.483 e. The van der Waals surface area contributed by atoms with Crippen molar-refractivity contribution in [1.82, 2.24) is 10.2 Å². The highest BCUT2D eigenvalue weighted by Gasteiger charge is 2.28. The van der Waals surface area contributed by atoms with Crippen molar-refractivity contribution in [3.05, 3.63) is 76.3 Å². The van der Waals surface area contributed by atoms with Crippen LogP contribution in [0.5, 0.6) is 5.75 Å². The van der Waals surface area contributed by atoms with Crippen molar-refractivity contribution in [1.29, 1.82) is 0 Å². The normalized spacial score (nSPS) is 11.7. The molecule has 0 heterocycles. The molecule has 0 aliphatic heterocycles. The summed E-state index contributed by atoms with van der Waals surface area (Å²) >= 11 is 3.59. The number of aryl methyl sites for hydroxylation is 1. The molecule has 0 spiro atoms. The van der Waals surface area contributed by atoms with E-state index in [1.54, 1.807) is 11.9 Å². The minimum absolute atomic E-state index is 0.156. The van der Waals surface area contributed by atoms with Gasteiger partial charge in [-0.05, 0) is 51.7 Å². The molecule has 2 amide bonds. The first-order valence-corrected chi connectivity index (χ1v) is 11.1. The summed E-state index contributed by atoms with van der Waals surface area (Å²) < 4.78 is 6.69. The van der Waals surface area contributed by atoms with E-state index in [-0.39, 0.29) is 18.4 Å². The molecule has 1 N–H and O–H groups in total. The summed E-state index contributed by atoms with van der Waals surface area (Å²) in [4.78, 5) is 27.2. The van der Waals surface area contributed by atoms with Crippen LogP contribution in [0.15, 0.2) is 65.1 Å². The van der Waals surface area contributed by atoms with Crippen LogP contribution in [-0.4, -0.2) is 36.4 Å². The van der Waals surface area contributed by atoms with Crippen LogP contribution in [0.3, 0.4) is 0 Å². The molecule has 0 radical (unpaired) electrons. The van der Waals surface area contributed by atoms with Gasteiger partial charge in [0.25, 0.3) is 5.91 Å². The molecule has 0 aliphatic rings. The smallest absolute Gasteiger partial charge is 0.261 e. The molecule has 6 heteroatoms. The standard InChI is InChI=1S/C25H27BrN2O3/c1-4-21(25(30)27-3)28(15-18-11-9-17(2)10-12-18)23(29)16-31-22-14-13-19-7-5-6-8-20(19)24(22)26/h5-14,21H,4,15-16H2,1-3H3,(H,27,30)/t21-/m0/s1. The Hall–Kier alpha value is -2.86. The number of nitrogens with zero attached hydrogens (tertiary/aromatic N) is 1. The number of benzene rings is 3. The van der Waals surface area contributed by atoms with Crippen molar-refractivity contribution in [2.45, 2.75) is 32.9 Å². The van der Waals surface area contributed by atoms with Crippen LogP contribution in [0.2, 0.25) is 0 Å². The molecule has 3 aromatic rings. The van der Waals surface area contributed by atoms with E-state index in [0.717, 1.165) is 26.4 Å². The molecule has 31 heavy (non-hydrogen) atoms. The van der Waals surface area contributed by atoms with Crippen molar-refractivity contribution in [3.63, 3.8) is 0 Å². The maximum absolute atomic E-state index is 13.2. The quantitative estimate of drug-likeness (QED) is 0.499. The molecule has 0 saturated heterocycles. The lowest BCUT2D eigenvalue weighted by Gasteiger charge is -2.30. The molecule has 5 nitrogen and oxygen atoms in total. The lowest BCUT2D eigenvalue weighted by molar-refractivity contribution is -0.142. The number of likely N-dealkylation sites (N-methyl/N-ethyl adjacent to an activating group) is 1. The topological polar surface area (TPSA) is 58.6 Å². The van der Waals surface area contributed by atoms with E-state index in [9.17, 15) is 9.59 Å². The second kappa shape index (κ2) is 10.4. The first-order valence-electron chi connectivity index (χ1n) is 10.3. The molecule has 0 unspecified atom stereocenters. The van der Waals surface area contributed by atoms with Gasteiger partial charge in [-0.3, -0.25) is 9.59 Å². The molecular weight excluding hydrogens is 456 g/mol.